The minimum atomic E-state index is -4.76. The zero-order valence-electron chi connectivity index (χ0n) is 28.9. The van der Waals surface area contributed by atoms with Gasteiger partial charge < -0.3 is 28.9 Å². The van der Waals surface area contributed by atoms with E-state index in [9.17, 15) is 22.4 Å². The molecule has 0 bridgehead atoms. The van der Waals surface area contributed by atoms with Crippen molar-refractivity contribution in [2.45, 2.75) is 56.7 Å². The van der Waals surface area contributed by atoms with Crippen LogP contribution in [-0.4, -0.2) is 104 Å². The Labute approximate surface area is 297 Å². The second kappa shape index (κ2) is 14.4. The Kier molecular flexibility index (Phi) is 10.0. The summed E-state index contributed by atoms with van der Waals surface area (Å²) in [7, 11) is 1.64. The van der Waals surface area contributed by atoms with E-state index in [1.54, 1.807) is 13.2 Å². The fourth-order valence-electron chi connectivity index (χ4n) is 7.73. The van der Waals surface area contributed by atoms with Crippen molar-refractivity contribution in [2.75, 3.05) is 71.0 Å². The smallest absolute Gasteiger partial charge is 0.422 e. The van der Waals surface area contributed by atoms with Gasteiger partial charge in [0.25, 0.3) is 5.91 Å². The van der Waals surface area contributed by atoms with E-state index in [1.165, 1.54) is 11.0 Å². The van der Waals surface area contributed by atoms with Crippen LogP contribution in [0.5, 0.6) is 11.8 Å². The Bertz CT molecular complexity index is 1810. The van der Waals surface area contributed by atoms with Gasteiger partial charge in [0.2, 0.25) is 0 Å². The maximum Gasteiger partial charge on any atom is 0.422 e. The average Bonchev–Trinajstić information content (AvgIpc) is 3.94. The zero-order valence-corrected chi connectivity index (χ0v) is 28.9. The van der Waals surface area contributed by atoms with E-state index >= 15 is 8.78 Å². The van der Waals surface area contributed by atoms with E-state index in [0.717, 1.165) is 31.8 Å². The van der Waals surface area contributed by atoms with Gasteiger partial charge >= 0.3 is 12.2 Å². The topological polar surface area (TPSA) is 80.3 Å². The Morgan fingerprint density at radius 1 is 1.00 bits per heavy atom. The van der Waals surface area contributed by atoms with Crippen LogP contribution < -0.4 is 14.4 Å². The summed E-state index contributed by atoms with van der Waals surface area (Å²) in [4.78, 5) is 27.3. The molecular formula is C37H41F6N5O4. The molecule has 3 aliphatic heterocycles. The zero-order chi connectivity index (χ0) is 36.8. The second-order valence-electron chi connectivity index (χ2n) is 14.4. The number of aromatic nitrogens is 2. The number of hydrogen-bond donors (Lipinski definition) is 0. The lowest BCUT2D eigenvalue weighted by atomic mass is 9.72. The molecule has 15 heteroatoms. The summed E-state index contributed by atoms with van der Waals surface area (Å²) in [6.45, 7) is 5.97. The number of alkyl halides is 3. The fraction of sp³-hybridized carbons (Fsp3) is 0.541. The van der Waals surface area contributed by atoms with Crippen molar-refractivity contribution in [3.63, 3.8) is 0 Å². The van der Waals surface area contributed by atoms with Crippen LogP contribution >= 0.6 is 0 Å². The number of amides is 1. The van der Waals surface area contributed by atoms with E-state index in [2.05, 4.69) is 16.5 Å². The molecular weight excluding hydrogens is 692 g/mol. The molecule has 4 heterocycles. The quantitative estimate of drug-likeness (QED) is 0.158. The van der Waals surface area contributed by atoms with Gasteiger partial charge in [-0.15, -0.1) is 0 Å². The number of nitrogens with zero attached hydrogens (tertiary/aromatic N) is 5. The molecule has 2 aromatic carbocycles. The van der Waals surface area contributed by atoms with Crippen LogP contribution in [0.4, 0.5) is 32.2 Å². The van der Waals surface area contributed by atoms with Crippen molar-refractivity contribution in [3.05, 3.63) is 53.9 Å². The molecule has 52 heavy (non-hydrogen) atoms. The van der Waals surface area contributed by atoms with Gasteiger partial charge in [-0.1, -0.05) is 12.6 Å². The molecule has 1 spiro atoms. The van der Waals surface area contributed by atoms with Gasteiger partial charge in [-0.25, -0.2) is 13.2 Å². The van der Waals surface area contributed by atoms with Crippen LogP contribution in [0.15, 0.2) is 36.7 Å². The minimum absolute atomic E-state index is 0.0361. The number of methoxy groups -OCH3 is 1. The molecule has 4 fully saturated rings. The second-order valence-corrected chi connectivity index (χ2v) is 14.4. The molecule has 1 aliphatic carbocycles. The Morgan fingerprint density at radius 3 is 2.27 bits per heavy atom. The molecule has 1 saturated carbocycles. The van der Waals surface area contributed by atoms with E-state index in [4.69, 9.17) is 19.2 Å². The van der Waals surface area contributed by atoms with Crippen LogP contribution in [0.3, 0.4) is 0 Å². The third-order valence-electron chi connectivity index (χ3n) is 10.7. The van der Waals surface area contributed by atoms with Gasteiger partial charge in [0.1, 0.15) is 29.1 Å². The molecule has 280 valence electrons. The standard InChI is InChI=1S/C37H41F6N5O4/c1-22(38)34(49)48-19-36(20-48)10-14-47(15-11-36)33-26-18-25(23-6-7-23)29(30-27(39)4-3-5-28(30)40)32(51-21-37(41,42)43)31(26)44-35(45-33)52-24-8-12-46(13-9-24)16-17-50-2/h3-5,18,23-24H,1,6-17,19-21H2,2H3. The van der Waals surface area contributed by atoms with E-state index in [1.807, 2.05) is 4.90 Å². The van der Waals surface area contributed by atoms with Gasteiger partial charge in [0, 0.05) is 69.3 Å². The lowest BCUT2D eigenvalue weighted by Gasteiger charge is -2.54. The number of ether oxygens (including phenoxy) is 3. The highest BCUT2D eigenvalue weighted by Crippen LogP contribution is 2.53. The van der Waals surface area contributed by atoms with Gasteiger partial charge in [-0.2, -0.15) is 23.1 Å². The first-order valence-electron chi connectivity index (χ1n) is 17.6. The van der Waals surface area contributed by atoms with Crippen molar-refractivity contribution >= 4 is 22.6 Å². The molecule has 1 aromatic heterocycles. The summed E-state index contributed by atoms with van der Waals surface area (Å²) in [6.07, 6.45) is -1.10. The lowest BCUT2D eigenvalue weighted by molar-refractivity contribution is -0.153. The molecule has 0 N–H and O–H groups in total. The molecule has 0 unspecified atom stereocenters. The van der Waals surface area contributed by atoms with Crippen LogP contribution in [0.25, 0.3) is 22.0 Å². The number of halogens is 6. The van der Waals surface area contributed by atoms with E-state index in [-0.39, 0.29) is 40.3 Å². The number of carbonyl (C=O) groups is 1. The Hall–Kier alpha value is -4.11. The molecule has 4 aliphatic rings. The van der Waals surface area contributed by atoms with Crippen molar-refractivity contribution in [1.82, 2.24) is 19.8 Å². The first kappa shape index (κ1) is 36.3. The van der Waals surface area contributed by atoms with Gasteiger partial charge in [-0.05, 0) is 68.2 Å². The first-order valence-corrected chi connectivity index (χ1v) is 17.6. The van der Waals surface area contributed by atoms with Gasteiger partial charge in [-0.3, -0.25) is 4.79 Å². The lowest BCUT2D eigenvalue weighted by Crippen LogP contribution is -2.62. The van der Waals surface area contributed by atoms with Crippen molar-refractivity contribution in [1.29, 1.82) is 0 Å². The Balaban J connectivity index is 1.31. The molecule has 0 atom stereocenters. The minimum Gasteiger partial charge on any atom is -0.481 e. The number of piperidine rings is 2. The average molecular weight is 734 g/mol. The third-order valence-corrected chi connectivity index (χ3v) is 10.7. The first-order chi connectivity index (χ1) is 24.8. The van der Waals surface area contributed by atoms with Crippen molar-refractivity contribution < 1.29 is 45.3 Å². The summed E-state index contributed by atoms with van der Waals surface area (Å²) in [5.41, 5.74) is -0.358. The summed E-state index contributed by atoms with van der Waals surface area (Å²) in [5, 5.41) is 0.386. The van der Waals surface area contributed by atoms with E-state index < -0.39 is 41.7 Å². The molecule has 9 nitrogen and oxygen atoms in total. The largest absolute Gasteiger partial charge is 0.481 e. The van der Waals surface area contributed by atoms with Gasteiger partial charge in [0.05, 0.1) is 12.2 Å². The Morgan fingerprint density at radius 2 is 1.67 bits per heavy atom. The number of fused-ring (bicyclic) bond motifs is 1. The van der Waals surface area contributed by atoms with E-state index in [0.29, 0.717) is 88.1 Å². The van der Waals surface area contributed by atoms with Gasteiger partial charge in [0.15, 0.2) is 18.2 Å². The highest BCUT2D eigenvalue weighted by Gasteiger charge is 2.47. The van der Waals surface area contributed by atoms with Crippen molar-refractivity contribution in [3.8, 4) is 22.9 Å². The molecule has 3 aromatic rings. The maximum absolute atomic E-state index is 15.5. The summed E-state index contributed by atoms with van der Waals surface area (Å²) >= 11 is 0. The number of likely N-dealkylation sites (tertiary alicyclic amines) is 2. The predicted molar refractivity (Wildman–Crippen MR) is 181 cm³/mol. The highest BCUT2D eigenvalue weighted by molar-refractivity contribution is 6.00. The fourth-order valence-corrected chi connectivity index (χ4v) is 7.73. The summed E-state index contributed by atoms with van der Waals surface area (Å²) < 4.78 is 103. The highest BCUT2D eigenvalue weighted by atomic mass is 19.4. The molecule has 3 saturated heterocycles. The number of anilines is 1. The van der Waals surface area contributed by atoms with Crippen LogP contribution in [0, 0.1) is 17.0 Å². The predicted octanol–water partition coefficient (Wildman–Crippen LogP) is 6.80. The molecule has 7 rings (SSSR count). The SMILES string of the molecule is C=C(F)C(=O)N1CC2(CCN(c3nc(OC4CCN(CCOC)CC4)nc4c(OCC(F)(F)F)c(-c5c(F)cccc5F)c(C5CC5)cc34)CC2)C1. The third kappa shape index (κ3) is 7.52. The van der Waals surface area contributed by atoms with Crippen LogP contribution in [0.1, 0.15) is 50.0 Å². The number of carbonyl (C=O) groups excluding carboxylic acids is 1. The number of benzene rings is 2. The van der Waals surface area contributed by atoms with Crippen LogP contribution in [-0.2, 0) is 9.53 Å². The molecule has 0 radical (unpaired) electrons. The summed E-state index contributed by atoms with van der Waals surface area (Å²) in [6, 6.07) is 4.99. The number of hydrogen-bond acceptors (Lipinski definition) is 8. The number of rotatable bonds is 11. The van der Waals surface area contributed by atoms with Crippen molar-refractivity contribution in [2.24, 2.45) is 5.41 Å². The van der Waals surface area contributed by atoms with Crippen LogP contribution in [0.2, 0.25) is 0 Å². The normalized spacial score (nSPS) is 19.6. The monoisotopic (exact) mass is 733 g/mol. The molecule has 1 amide bonds. The maximum atomic E-state index is 15.5. The summed E-state index contributed by atoms with van der Waals surface area (Å²) in [5.74, 6) is -3.72.